The van der Waals surface area contributed by atoms with Gasteiger partial charge < -0.3 is 10.2 Å². The maximum atomic E-state index is 13.5. The van der Waals surface area contributed by atoms with Crippen molar-refractivity contribution in [3.8, 4) is 0 Å². The van der Waals surface area contributed by atoms with Crippen LogP contribution in [0.4, 0.5) is 10.1 Å². The summed E-state index contributed by atoms with van der Waals surface area (Å²) in [5.41, 5.74) is 0.421. The molecule has 2 aromatic carbocycles. The molecule has 0 aromatic heterocycles. The summed E-state index contributed by atoms with van der Waals surface area (Å²) in [5, 5.41) is 2.89. The molecule has 2 aromatic rings. The number of nitrogens with zero attached hydrogens (tertiary/aromatic N) is 2. The predicted molar refractivity (Wildman–Crippen MR) is 135 cm³/mol. The molecule has 0 fully saturated rings. The van der Waals surface area contributed by atoms with E-state index in [1.807, 2.05) is 20.8 Å². The molecule has 186 valence electrons. The average molecular weight is 556 g/mol. The van der Waals surface area contributed by atoms with Crippen LogP contribution >= 0.6 is 15.9 Å². The van der Waals surface area contributed by atoms with E-state index in [4.69, 9.17) is 0 Å². The molecule has 0 aliphatic rings. The molecule has 2 rings (SSSR count). The summed E-state index contributed by atoms with van der Waals surface area (Å²) in [6.45, 7) is 6.82. The minimum absolute atomic E-state index is 0.0210. The largest absolute Gasteiger partial charge is 0.350 e. The molecule has 0 heterocycles. The van der Waals surface area contributed by atoms with Crippen LogP contribution in [0.1, 0.15) is 39.7 Å². The van der Waals surface area contributed by atoms with E-state index >= 15 is 0 Å². The summed E-state index contributed by atoms with van der Waals surface area (Å²) in [6, 6.07) is 11.3. The maximum Gasteiger partial charge on any atom is 0.244 e. The summed E-state index contributed by atoms with van der Waals surface area (Å²) in [5.74, 6) is -1.31. The zero-order valence-corrected chi connectivity index (χ0v) is 22.4. The highest BCUT2D eigenvalue weighted by Gasteiger charge is 2.33. The first kappa shape index (κ1) is 27.8. The van der Waals surface area contributed by atoms with Gasteiger partial charge in [0.2, 0.25) is 21.8 Å². The van der Waals surface area contributed by atoms with Gasteiger partial charge in [-0.25, -0.2) is 12.8 Å². The van der Waals surface area contributed by atoms with Gasteiger partial charge in [0.05, 0.1) is 11.9 Å². The van der Waals surface area contributed by atoms with E-state index in [1.54, 1.807) is 31.2 Å². The van der Waals surface area contributed by atoms with E-state index in [0.29, 0.717) is 17.7 Å². The Hall–Kier alpha value is -2.46. The van der Waals surface area contributed by atoms with E-state index in [-0.39, 0.29) is 12.5 Å². The number of halogens is 2. The normalized spacial score (nSPS) is 12.7. The number of benzene rings is 2. The molecule has 1 atom stereocenters. The van der Waals surface area contributed by atoms with Gasteiger partial charge in [-0.2, -0.15) is 0 Å². The number of nitrogens with one attached hydrogen (secondary N) is 1. The molecule has 10 heteroatoms. The fraction of sp³-hybridized carbons (Fsp3) is 0.417. The van der Waals surface area contributed by atoms with Gasteiger partial charge in [-0.15, -0.1) is 0 Å². The smallest absolute Gasteiger partial charge is 0.244 e. The van der Waals surface area contributed by atoms with Gasteiger partial charge in [-0.1, -0.05) is 35.0 Å². The van der Waals surface area contributed by atoms with Crippen LogP contribution in [0.25, 0.3) is 0 Å². The highest BCUT2D eigenvalue weighted by atomic mass is 79.9. The summed E-state index contributed by atoms with van der Waals surface area (Å²) in [4.78, 5) is 28.0. The standard InChI is InChI=1S/C24H31BrFN3O4S/c1-6-21(23(31)27-24(2,3)4)28(15-17-7-11-19(26)12-8-17)22(30)16-29(34(5,32)33)20-13-9-18(25)10-14-20/h7-14,21H,6,15-16H2,1-5H3,(H,27,31)/t21-/m0/s1. The number of anilines is 1. The quantitative estimate of drug-likeness (QED) is 0.505. The molecule has 0 saturated heterocycles. The van der Waals surface area contributed by atoms with E-state index in [9.17, 15) is 22.4 Å². The minimum atomic E-state index is -3.80. The van der Waals surface area contributed by atoms with Gasteiger partial charge >= 0.3 is 0 Å². The van der Waals surface area contributed by atoms with Crippen molar-refractivity contribution in [1.82, 2.24) is 10.2 Å². The highest BCUT2D eigenvalue weighted by molar-refractivity contribution is 9.10. The van der Waals surface area contributed by atoms with E-state index in [1.165, 1.54) is 29.2 Å². The van der Waals surface area contributed by atoms with Crippen LogP contribution < -0.4 is 9.62 Å². The zero-order valence-electron chi connectivity index (χ0n) is 20.0. The monoisotopic (exact) mass is 555 g/mol. The molecule has 0 bridgehead atoms. The third-order valence-corrected chi connectivity index (χ3v) is 6.61. The molecular weight excluding hydrogens is 525 g/mol. The summed E-state index contributed by atoms with van der Waals surface area (Å²) in [7, 11) is -3.80. The Morgan fingerprint density at radius 2 is 1.62 bits per heavy atom. The van der Waals surface area contributed by atoms with Gasteiger partial charge in [0.1, 0.15) is 18.4 Å². The van der Waals surface area contributed by atoms with Crippen molar-refractivity contribution in [3.63, 3.8) is 0 Å². The Balaban J connectivity index is 2.43. The van der Waals surface area contributed by atoms with Crippen LogP contribution in [0, 0.1) is 5.82 Å². The van der Waals surface area contributed by atoms with Crippen LogP contribution in [0.5, 0.6) is 0 Å². The van der Waals surface area contributed by atoms with Gasteiger partial charge in [-0.3, -0.25) is 13.9 Å². The molecule has 0 saturated carbocycles. The lowest BCUT2D eigenvalue weighted by molar-refractivity contribution is -0.141. The highest BCUT2D eigenvalue weighted by Crippen LogP contribution is 2.22. The third-order valence-electron chi connectivity index (χ3n) is 4.94. The van der Waals surface area contributed by atoms with Crippen LogP contribution in [0.3, 0.4) is 0 Å². The molecule has 1 N–H and O–H groups in total. The molecule has 0 aliphatic heterocycles. The van der Waals surface area contributed by atoms with Crippen molar-refractivity contribution in [2.24, 2.45) is 0 Å². The summed E-state index contributed by atoms with van der Waals surface area (Å²) < 4.78 is 40.3. The van der Waals surface area contributed by atoms with Crippen LogP contribution in [-0.4, -0.2) is 49.5 Å². The van der Waals surface area contributed by atoms with Crippen molar-refractivity contribution < 1.29 is 22.4 Å². The lowest BCUT2D eigenvalue weighted by Gasteiger charge is -2.34. The SMILES string of the molecule is CC[C@@H](C(=O)NC(C)(C)C)N(Cc1ccc(F)cc1)C(=O)CN(c1ccc(Br)cc1)S(C)(=O)=O. The number of carbonyl (C=O) groups is 2. The summed E-state index contributed by atoms with van der Waals surface area (Å²) in [6.07, 6.45) is 1.34. The van der Waals surface area contributed by atoms with Crippen molar-refractivity contribution in [2.75, 3.05) is 17.1 Å². The molecule has 0 spiro atoms. The molecule has 0 unspecified atom stereocenters. The number of rotatable bonds is 9. The first-order valence-electron chi connectivity index (χ1n) is 10.8. The topological polar surface area (TPSA) is 86.8 Å². The second-order valence-electron chi connectivity index (χ2n) is 9.06. The van der Waals surface area contributed by atoms with Crippen LogP contribution in [0.2, 0.25) is 0 Å². The molecule has 0 radical (unpaired) electrons. The Bertz CT molecular complexity index is 1100. The van der Waals surface area contributed by atoms with E-state index in [0.717, 1.165) is 15.0 Å². The number of carbonyl (C=O) groups excluding carboxylic acids is 2. The molecule has 2 amide bonds. The fourth-order valence-corrected chi connectivity index (χ4v) is 4.49. The van der Waals surface area contributed by atoms with Crippen molar-refractivity contribution in [2.45, 2.75) is 52.2 Å². The van der Waals surface area contributed by atoms with Crippen LogP contribution in [0.15, 0.2) is 53.0 Å². The lowest BCUT2D eigenvalue weighted by Crippen LogP contribution is -2.55. The Morgan fingerprint density at radius 1 is 1.06 bits per heavy atom. The second kappa shape index (κ2) is 11.3. The maximum absolute atomic E-state index is 13.5. The van der Waals surface area contributed by atoms with E-state index in [2.05, 4.69) is 21.2 Å². The fourth-order valence-electron chi connectivity index (χ4n) is 3.38. The number of amides is 2. The molecular formula is C24H31BrFN3O4S. The van der Waals surface area contributed by atoms with Gasteiger partial charge in [0.15, 0.2) is 0 Å². The zero-order chi connectivity index (χ0) is 25.7. The summed E-state index contributed by atoms with van der Waals surface area (Å²) >= 11 is 3.32. The van der Waals surface area contributed by atoms with Crippen LogP contribution in [-0.2, 0) is 26.2 Å². The van der Waals surface area contributed by atoms with Crippen molar-refractivity contribution in [1.29, 1.82) is 0 Å². The number of hydrogen-bond acceptors (Lipinski definition) is 4. The Kier molecular flexibility index (Phi) is 9.24. The first-order chi connectivity index (χ1) is 15.7. The Labute approximate surface area is 209 Å². The van der Waals surface area contributed by atoms with Gasteiger partial charge in [0.25, 0.3) is 0 Å². The Morgan fingerprint density at radius 3 is 2.09 bits per heavy atom. The van der Waals surface area contributed by atoms with Gasteiger partial charge in [0, 0.05) is 16.6 Å². The number of hydrogen-bond donors (Lipinski definition) is 1. The minimum Gasteiger partial charge on any atom is -0.350 e. The number of sulfonamides is 1. The predicted octanol–water partition coefficient (Wildman–Crippen LogP) is 4.08. The molecule has 34 heavy (non-hydrogen) atoms. The third kappa shape index (κ3) is 8.09. The second-order valence-corrected chi connectivity index (χ2v) is 11.9. The first-order valence-corrected chi connectivity index (χ1v) is 13.4. The van der Waals surface area contributed by atoms with Gasteiger partial charge in [-0.05, 0) is 69.2 Å². The average Bonchev–Trinajstić information content (AvgIpc) is 2.72. The van der Waals surface area contributed by atoms with Crippen molar-refractivity contribution >= 4 is 43.5 Å². The lowest BCUT2D eigenvalue weighted by atomic mass is 10.1. The molecule has 7 nitrogen and oxygen atoms in total. The van der Waals surface area contributed by atoms with Crippen molar-refractivity contribution in [3.05, 3.63) is 64.4 Å². The van der Waals surface area contributed by atoms with E-state index < -0.39 is 39.9 Å². The molecule has 0 aliphatic carbocycles.